The maximum atomic E-state index is 4.74. The fourth-order valence-corrected chi connectivity index (χ4v) is 4.55. The third kappa shape index (κ3) is 3.09. The van der Waals surface area contributed by atoms with E-state index >= 15 is 0 Å². The van der Waals surface area contributed by atoms with Crippen LogP contribution in [0.25, 0.3) is 0 Å². The molecule has 0 spiro atoms. The molecular formula is C18H30N6. The van der Waals surface area contributed by atoms with Gasteiger partial charge in [-0.2, -0.15) is 4.98 Å². The van der Waals surface area contributed by atoms with E-state index in [1.807, 2.05) is 19.0 Å². The van der Waals surface area contributed by atoms with Crippen LogP contribution in [0.1, 0.15) is 18.5 Å². The third-order valence-electron chi connectivity index (χ3n) is 5.95. The maximum Gasteiger partial charge on any atom is 0.226 e. The molecule has 1 N–H and O–H groups in total. The normalized spacial score (nSPS) is 28.4. The summed E-state index contributed by atoms with van der Waals surface area (Å²) in [5.41, 5.74) is 1.05. The van der Waals surface area contributed by atoms with Crippen LogP contribution < -0.4 is 15.1 Å². The zero-order valence-corrected chi connectivity index (χ0v) is 15.2. The molecule has 3 aliphatic heterocycles. The van der Waals surface area contributed by atoms with Crippen LogP contribution in [0.15, 0.2) is 6.07 Å². The number of nitrogens with one attached hydrogen (secondary N) is 1. The van der Waals surface area contributed by atoms with E-state index < -0.39 is 0 Å². The van der Waals surface area contributed by atoms with Crippen molar-refractivity contribution in [3.8, 4) is 0 Å². The molecule has 24 heavy (non-hydrogen) atoms. The van der Waals surface area contributed by atoms with Crippen LogP contribution in [0.5, 0.6) is 0 Å². The molecule has 0 saturated carbocycles. The van der Waals surface area contributed by atoms with Crippen molar-refractivity contribution < 1.29 is 0 Å². The Morgan fingerprint density at radius 1 is 1.08 bits per heavy atom. The molecule has 1 aromatic heterocycles. The van der Waals surface area contributed by atoms with Gasteiger partial charge in [0.05, 0.1) is 0 Å². The van der Waals surface area contributed by atoms with Gasteiger partial charge in [0.1, 0.15) is 5.82 Å². The van der Waals surface area contributed by atoms with Crippen molar-refractivity contribution in [2.24, 2.45) is 11.8 Å². The summed E-state index contributed by atoms with van der Waals surface area (Å²) >= 11 is 0. The number of aryl methyl sites for hydroxylation is 1. The van der Waals surface area contributed by atoms with Crippen molar-refractivity contribution in [3.05, 3.63) is 11.8 Å². The molecule has 3 aliphatic rings. The lowest BCUT2D eigenvalue weighted by Gasteiger charge is -2.37. The van der Waals surface area contributed by atoms with E-state index in [1.54, 1.807) is 0 Å². The lowest BCUT2D eigenvalue weighted by molar-refractivity contribution is 0.194. The molecular weight excluding hydrogens is 300 g/mol. The summed E-state index contributed by atoms with van der Waals surface area (Å²) in [6.45, 7) is 9.35. The highest BCUT2D eigenvalue weighted by atomic mass is 15.3. The summed E-state index contributed by atoms with van der Waals surface area (Å²) < 4.78 is 0. The maximum absolute atomic E-state index is 4.74. The summed E-state index contributed by atoms with van der Waals surface area (Å²) in [5, 5.41) is 3.54. The highest BCUT2D eigenvalue weighted by molar-refractivity contribution is 5.45. The Morgan fingerprint density at radius 3 is 2.38 bits per heavy atom. The van der Waals surface area contributed by atoms with Crippen LogP contribution in [0, 0.1) is 18.8 Å². The fraction of sp³-hybridized carbons (Fsp3) is 0.778. The molecule has 0 unspecified atom stereocenters. The SMILES string of the molecule is Cc1cc(N2CCC(N3C[C@H]4CNC[C@H]4C3)CC2)nc(N(C)C)n1. The van der Waals surface area contributed by atoms with Gasteiger partial charge in [-0.1, -0.05) is 0 Å². The zero-order chi connectivity index (χ0) is 16.7. The molecule has 132 valence electrons. The molecule has 3 fully saturated rings. The van der Waals surface area contributed by atoms with Crippen molar-refractivity contribution in [2.75, 3.05) is 63.2 Å². The van der Waals surface area contributed by atoms with Crippen molar-refractivity contribution >= 4 is 11.8 Å². The second-order valence-corrected chi connectivity index (χ2v) is 7.91. The van der Waals surface area contributed by atoms with E-state index in [1.165, 1.54) is 39.0 Å². The zero-order valence-electron chi connectivity index (χ0n) is 15.2. The standard InChI is InChI=1S/C18H30N6/c1-13-8-17(21-18(20-13)22(2)3)23-6-4-16(5-7-23)24-11-14-9-19-10-15(14)12-24/h8,14-16,19H,4-7,9-12H2,1-3H3/t14-,15+. The molecule has 0 amide bonds. The minimum atomic E-state index is 0.767. The van der Waals surface area contributed by atoms with E-state index in [9.17, 15) is 0 Å². The van der Waals surface area contributed by atoms with E-state index in [2.05, 4.69) is 33.1 Å². The van der Waals surface area contributed by atoms with Gasteiger partial charge in [0.2, 0.25) is 5.95 Å². The first-order chi connectivity index (χ1) is 11.6. The summed E-state index contributed by atoms with van der Waals surface area (Å²) in [6, 6.07) is 2.89. The molecule has 1 aromatic rings. The second kappa shape index (κ2) is 6.48. The summed E-state index contributed by atoms with van der Waals surface area (Å²) in [4.78, 5) is 16.5. The number of fused-ring (bicyclic) bond motifs is 1. The highest BCUT2D eigenvalue weighted by Crippen LogP contribution is 2.31. The van der Waals surface area contributed by atoms with Gasteiger partial charge in [-0.15, -0.1) is 0 Å². The molecule has 0 bridgehead atoms. The Hall–Kier alpha value is -1.40. The topological polar surface area (TPSA) is 47.5 Å². The van der Waals surface area contributed by atoms with Gasteiger partial charge < -0.3 is 15.1 Å². The number of aromatic nitrogens is 2. The van der Waals surface area contributed by atoms with Gasteiger partial charge in [-0.3, -0.25) is 4.90 Å². The molecule has 0 aliphatic carbocycles. The number of anilines is 2. The quantitative estimate of drug-likeness (QED) is 0.891. The molecule has 4 rings (SSSR count). The summed E-state index contributed by atoms with van der Waals surface area (Å²) in [5.74, 6) is 3.70. The van der Waals surface area contributed by atoms with Crippen LogP contribution in [0.4, 0.5) is 11.8 Å². The Kier molecular flexibility index (Phi) is 4.35. The van der Waals surface area contributed by atoms with E-state index in [4.69, 9.17) is 4.98 Å². The lowest BCUT2D eigenvalue weighted by Crippen LogP contribution is -2.45. The predicted molar refractivity (Wildman–Crippen MR) is 97.8 cm³/mol. The number of nitrogens with zero attached hydrogens (tertiary/aromatic N) is 5. The number of hydrogen-bond donors (Lipinski definition) is 1. The van der Waals surface area contributed by atoms with Crippen molar-refractivity contribution in [2.45, 2.75) is 25.8 Å². The summed E-state index contributed by atoms with van der Waals surface area (Å²) in [7, 11) is 4.01. The number of piperidine rings is 1. The first-order valence-corrected chi connectivity index (χ1v) is 9.33. The Morgan fingerprint density at radius 2 is 1.75 bits per heavy atom. The van der Waals surface area contributed by atoms with Crippen molar-refractivity contribution in [3.63, 3.8) is 0 Å². The van der Waals surface area contributed by atoms with Crippen LogP contribution >= 0.6 is 0 Å². The van der Waals surface area contributed by atoms with Crippen LogP contribution in [0.2, 0.25) is 0 Å². The molecule has 4 heterocycles. The Bertz CT molecular complexity index is 569. The third-order valence-corrected chi connectivity index (χ3v) is 5.95. The minimum absolute atomic E-state index is 0.767. The van der Waals surface area contributed by atoms with E-state index in [0.29, 0.717) is 0 Å². The molecule has 2 atom stereocenters. The smallest absolute Gasteiger partial charge is 0.226 e. The largest absolute Gasteiger partial charge is 0.356 e. The van der Waals surface area contributed by atoms with E-state index in [-0.39, 0.29) is 0 Å². The predicted octanol–water partition coefficient (Wildman–Crippen LogP) is 0.971. The number of likely N-dealkylation sites (tertiary alicyclic amines) is 1. The first-order valence-electron chi connectivity index (χ1n) is 9.33. The molecule has 3 saturated heterocycles. The molecule has 0 radical (unpaired) electrons. The highest BCUT2D eigenvalue weighted by Gasteiger charge is 2.39. The first kappa shape index (κ1) is 16.1. The van der Waals surface area contributed by atoms with Crippen LogP contribution in [-0.2, 0) is 0 Å². The number of hydrogen-bond acceptors (Lipinski definition) is 6. The Labute approximate surface area is 145 Å². The summed E-state index contributed by atoms with van der Waals surface area (Å²) in [6.07, 6.45) is 2.51. The lowest BCUT2D eigenvalue weighted by atomic mass is 10.0. The molecule has 6 nitrogen and oxygen atoms in total. The molecule has 0 aromatic carbocycles. The van der Waals surface area contributed by atoms with Gasteiger partial charge in [-0.05, 0) is 44.7 Å². The molecule has 6 heteroatoms. The van der Waals surface area contributed by atoms with Crippen molar-refractivity contribution in [1.82, 2.24) is 20.2 Å². The van der Waals surface area contributed by atoms with E-state index in [0.717, 1.165) is 48.4 Å². The van der Waals surface area contributed by atoms with Crippen LogP contribution in [0.3, 0.4) is 0 Å². The average Bonchev–Trinajstić information content (AvgIpc) is 3.16. The van der Waals surface area contributed by atoms with Crippen molar-refractivity contribution in [1.29, 1.82) is 0 Å². The minimum Gasteiger partial charge on any atom is -0.356 e. The van der Waals surface area contributed by atoms with Crippen LogP contribution in [-0.4, -0.2) is 74.3 Å². The van der Waals surface area contributed by atoms with Gasteiger partial charge in [-0.25, -0.2) is 4.98 Å². The average molecular weight is 330 g/mol. The van der Waals surface area contributed by atoms with Gasteiger partial charge in [0.25, 0.3) is 0 Å². The van der Waals surface area contributed by atoms with Gasteiger partial charge in [0.15, 0.2) is 0 Å². The van der Waals surface area contributed by atoms with Gasteiger partial charge >= 0.3 is 0 Å². The van der Waals surface area contributed by atoms with Gasteiger partial charge in [0, 0.05) is 58.1 Å². The second-order valence-electron chi connectivity index (χ2n) is 7.91. The Balaban J connectivity index is 1.38. The number of rotatable bonds is 3. The fourth-order valence-electron chi connectivity index (χ4n) is 4.55. The monoisotopic (exact) mass is 330 g/mol.